The van der Waals surface area contributed by atoms with Gasteiger partial charge in [0.15, 0.2) is 0 Å². The highest BCUT2D eigenvalue weighted by atomic mass is 16.6. The first-order valence-corrected chi connectivity index (χ1v) is 10.6. The molecule has 0 spiro atoms. The molecule has 0 bridgehead atoms. The van der Waals surface area contributed by atoms with Crippen LogP contribution in [0.5, 0.6) is 0 Å². The van der Waals surface area contributed by atoms with Crippen molar-refractivity contribution in [2.24, 2.45) is 5.10 Å². The van der Waals surface area contributed by atoms with Gasteiger partial charge in [-0.05, 0) is 44.5 Å². The molecule has 4 aromatic rings. The summed E-state index contributed by atoms with van der Waals surface area (Å²) in [5.74, 6) is 1.72. The standard InChI is InChI=1S/C23H19N5O8/c1-13(24-25-18-7-5-16(27(31)32)12-19(18)28(33)34)3-8-22-23(21-9-4-14(2)35-21)17-11-15(26(29)30)6-10-20(17)36-22/h4-7,9-12,25H,3,8H2,1-2H3/b24-13+. The molecule has 0 saturated carbocycles. The first-order valence-electron chi connectivity index (χ1n) is 10.6. The lowest BCUT2D eigenvalue weighted by Gasteiger charge is -2.05. The lowest BCUT2D eigenvalue weighted by atomic mass is 10.0. The van der Waals surface area contributed by atoms with Gasteiger partial charge in [0.2, 0.25) is 0 Å². The van der Waals surface area contributed by atoms with Crippen LogP contribution in [0.15, 0.2) is 62.5 Å². The second kappa shape index (κ2) is 9.66. The predicted octanol–water partition coefficient (Wildman–Crippen LogP) is 6.15. The highest BCUT2D eigenvalue weighted by Gasteiger charge is 2.22. The van der Waals surface area contributed by atoms with Crippen LogP contribution in [0.1, 0.15) is 24.9 Å². The lowest BCUT2D eigenvalue weighted by molar-refractivity contribution is -0.393. The summed E-state index contributed by atoms with van der Waals surface area (Å²) in [6.45, 7) is 3.49. The van der Waals surface area contributed by atoms with E-state index in [1.807, 2.05) is 0 Å². The number of non-ortho nitro benzene ring substituents is 2. The van der Waals surface area contributed by atoms with E-state index in [2.05, 4.69) is 10.5 Å². The second-order valence-electron chi connectivity index (χ2n) is 7.92. The predicted molar refractivity (Wildman–Crippen MR) is 130 cm³/mol. The van der Waals surface area contributed by atoms with Gasteiger partial charge in [-0.1, -0.05) is 0 Å². The van der Waals surface area contributed by atoms with Crippen LogP contribution in [0.3, 0.4) is 0 Å². The van der Waals surface area contributed by atoms with E-state index in [4.69, 9.17) is 8.83 Å². The second-order valence-corrected chi connectivity index (χ2v) is 7.92. The highest BCUT2D eigenvalue weighted by molar-refractivity contribution is 5.96. The number of hydrogen-bond acceptors (Lipinski definition) is 10. The Bertz CT molecular complexity index is 1530. The summed E-state index contributed by atoms with van der Waals surface area (Å²) in [6.07, 6.45) is 0.735. The highest BCUT2D eigenvalue weighted by Crippen LogP contribution is 2.38. The van der Waals surface area contributed by atoms with Crippen LogP contribution in [0.2, 0.25) is 0 Å². The molecule has 4 rings (SSSR count). The number of nitro benzene ring substituents is 3. The summed E-state index contributed by atoms with van der Waals surface area (Å²) in [6, 6.07) is 11.1. The number of nitrogens with zero attached hydrogens (tertiary/aromatic N) is 4. The number of hydrogen-bond donors (Lipinski definition) is 1. The molecule has 184 valence electrons. The number of nitrogens with one attached hydrogen (secondary N) is 1. The summed E-state index contributed by atoms with van der Waals surface area (Å²) in [5.41, 5.74) is 3.28. The minimum atomic E-state index is -0.731. The van der Waals surface area contributed by atoms with Crippen LogP contribution < -0.4 is 5.43 Å². The Balaban J connectivity index is 1.60. The number of anilines is 1. The Hall–Kier alpha value is -5.07. The van der Waals surface area contributed by atoms with Gasteiger partial charge in [-0.3, -0.25) is 35.8 Å². The van der Waals surface area contributed by atoms with Crippen molar-refractivity contribution < 1.29 is 23.6 Å². The molecule has 0 aliphatic rings. The molecule has 0 radical (unpaired) electrons. The van der Waals surface area contributed by atoms with E-state index >= 15 is 0 Å². The van der Waals surface area contributed by atoms with E-state index in [1.54, 1.807) is 26.0 Å². The van der Waals surface area contributed by atoms with E-state index in [-0.39, 0.29) is 11.4 Å². The van der Waals surface area contributed by atoms with Crippen LogP contribution in [0.4, 0.5) is 22.7 Å². The molecule has 13 nitrogen and oxygen atoms in total. The third kappa shape index (κ3) is 4.89. The van der Waals surface area contributed by atoms with Gasteiger partial charge in [-0.15, -0.1) is 0 Å². The number of nitro groups is 3. The Morgan fingerprint density at radius 2 is 1.61 bits per heavy atom. The first kappa shape index (κ1) is 24.1. The van der Waals surface area contributed by atoms with Gasteiger partial charge in [0.1, 0.15) is 28.6 Å². The number of hydrazone groups is 1. The van der Waals surface area contributed by atoms with Gasteiger partial charge in [0, 0.05) is 35.7 Å². The molecule has 2 heterocycles. The molecule has 0 atom stereocenters. The summed E-state index contributed by atoms with van der Waals surface area (Å²) < 4.78 is 11.8. The van der Waals surface area contributed by atoms with Crippen LogP contribution in [0, 0.1) is 37.3 Å². The lowest BCUT2D eigenvalue weighted by Crippen LogP contribution is -2.02. The number of benzene rings is 2. The average Bonchev–Trinajstić information content (AvgIpc) is 3.43. The monoisotopic (exact) mass is 493 g/mol. The molecule has 1 N–H and O–H groups in total. The third-order valence-corrected chi connectivity index (χ3v) is 5.41. The van der Waals surface area contributed by atoms with Crippen molar-refractivity contribution in [3.8, 4) is 11.3 Å². The molecular weight excluding hydrogens is 474 g/mol. The van der Waals surface area contributed by atoms with Crippen molar-refractivity contribution in [2.75, 3.05) is 5.43 Å². The average molecular weight is 493 g/mol. The van der Waals surface area contributed by atoms with E-state index in [0.717, 1.165) is 12.1 Å². The molecule has 0 amide bonds. The summed E-state index contributed by atoms with van der Waals surface area (Å²) in [4.78, 5) is 31.6. The molecule has 0 unspecified atom stereocenters. The topological polar surface area (TPSA) is 180 Å². The van der Waals surface area contributed by atoms with Gasteiger partial charge < -0.3 is 8.83 Å². The SMILES string of the molecule is C/C(CCc1oc2ccc([N+](=O)[O-])cc2c1-c1ccc(C)o1)=N\Nc1ccc([N+](=O)[O-])cc1[N+](=O)[O-]. The number of furan rings is 2. The van der Waals surface area contributed by atoms with Crippen molar-refractivity contribution in [3.63, 3.8) is 0 Å². The smallest absolute Gasteiger partial charge is 0.301 e. The zero-order valence-corrected chi connectivity index (χ0v) is 19.1. The van der Waals surface area contributed by atoms with Gasteiger partial charge in [0.05, 0.1) is 26.4 Å². The Kier molecular flexibility index (Phi) is 6.46. The largest absolute Gasteiger partial charge is 0.461 e. The molecule has 2 aromatic carbocycles. The Labute approximate surface area is 202 Å². The number of rotatable bonds is 9. The van der Waals surface area contributed by atoms with Gasteiger partial charge in [-0.2, -0.15) is 5.10 Å². The molecule has 2 aromatic heterocycles. The van der Waals surface area contributed by atoms with Crippen LogP contribution in [-0.4, -0.2) is 20.5 Å². The van der Waals surface area contributed by atoms with Gasteiger partial charge >= 0.3 is 5.69 Å². The number of aryl methyl sites for hydroxylation is 2. The van der Waals surface area contributed by atoms with E-state index in [9.17, 15) is 30.3 Å². The molecular formula is C23H19N5O8. The maximum absolute atomic E-state index is 11.3. The fourth-order valence-electron chi connectivity index (χ4n) is 3.65. The summed E-state index contributed by atoms with van der Waals surface area (Å²) >= 11 is 0. The minimum absolute atomic E-state index is 0.00717. The minimum Gasteiger partial charge on any atom is -0.461 e. The van der Waals surface area contributed by atoms with Crippen LogP contribution >= 0.6 is 0 Å². The van der Waals surface area contributed by atoms with Gasteiger partial charge in [0.25, 0.3) is 11.4 Å². The number of fused-ring (bicyclic) bond motifs is 1. The Morgan fingerprint density at radius 1 is 0.917 bits per heavy atom. The maximum Gasteiger partial charge on any atom is 0.301 e. The molecule has 13 heteroatoms. The van der Waals surface area contributed by atoms with Crippen molar-refractivity contribution in [3.05, 3.63) is 90.4 Å². The zero-order valence-electron chi connectivity index (χ0n) is 19.1. The molecule has 0 saturated heterocycles. The van der Waals surface area contributed by atoms with E-state index in [1.165, 1.54) is 24.3 Å². The van der Waals surface area contributed by atoms with Crippen molar-refractivity contribution in [1.82, 2.24) is 0 Å². The molecule has 0 fully saturated rings. The molecule has 0 aliphatic heterocycles. The van der Waals surface area contributed by atoms with Gasteiger partial charge in [-0.25, -0.2) is 0 Å². The van der Waals surface area contributed by atoms with Crippen LogP contribution in [-0.2, 0) is 6.42 Å². The Morgan fingerprint density at radius 3 is 2.25 bits per heavy atom. The fourth-order valence-corrected chi connectivity index (χ4v) is 3.65. The molecule has 36 heavy (non-hydrogen) atoms. The molecule has 0 aliphatic carbocycles. The summed E-state index contributed by atoms with van der Waals surface area (Å²) in [5, 5.41) is 38.2. The normalized spacial score (nSPS) is 11.6. The zero-order chi connectivity index (χ0) is 26.0. The summed E-state index contributed by atoms with van der Waals surface area (Å²) in [7, 11) is 0. The van der Waals surface area contributed by atoms with Crippen molar-refractivity contribution in [2.45, 2.75) is 26.7 Å². The fraction of sp³-hybridized carbons (Fsp3) is 0.174. The first-order chi connectivity index (χ1) is 17.1. The third-order valence-electron chi connectivity index (χ3n) is 5.41. The van der Waals surface area contributed by atoms with Crippen LogP contribution in [0.25, 0.3) is 22.3 Å². The van der Waals surface area contributed by atoms with Crippen molar-refractivity contribution >= 4 is 39.4 Å². The quantitative estimate of drug-likeness (QED) is 0.162. The van der Waals surface area contributed by atoms with E-state index < -0.39 is 26.1 Å². The van der Waals surface area contributed by atoms with E-state index in [0.29, 0.717) is 52.4 Å². The maximum atomic E-state index is 11.3. The van der Waals surface area contributed by atoms with Crippen molar-refractivity contribution in [1.29, 1.82) is 0 Å².